The van der Waals surface area contributed by atoms with Gasteiger partial charge in [0.1, 0.15) is 0 Å². The van der Waals surface area contributed by atoms with Crippen LogP contribution in [0.3, 0.4) is 0 Å². The highest BCUT2D eigenvalue weighted by Gasteiger charge is 2.13. The van der Waals surface area contributed by atoms with Gasteiger partial charge in [-0.1, -0.05) is 35.9 Å². The Labute approximate surface area is 166 Å². The van der Waals surface area contributed by atoms with Gasteiger partial charge in [0, 0.05) is 21.7 Å². The minimum absolute atomic E-state index is 0.143. The maximum atomic E-state index is 12.6. The van der Waals surface area contributed by atoms with Crippen LogP contribution in [0.5, 0.6) is 0 Å². The first-order chi connectivity index (χ1) is 13.0. The predicted molar refractivity (Wildman–Crippen MR) is 110 cm³/mol. The third-order valence-electron chi connectivity index (χ3n) is 3.90. The van der Waals surface area contributed by atoms with Crippen molar-refractivity contribution in [1.29, 1.82) is 0 Å². The van der Waals surface area contributed by atoms with Gasteiger partial charge in [0.25, 0.3) is 5.91 Å². The van der Waals surface area contributed by atoms with E-state index in [1.807, 2.05) is 12.1 Å². The quantitative estimate of drug-likeness (QED) is 0.505. The summed E-state index contributed by atoms with van der Waals surface area (Å²) in [6.45, 7) is 0. The van der Waals surface area contributed by atoms with Gasteiger partial charge in [-0.15, -0.1) is 0 Å². The second-order valence-electron chi connectivity index (χ2n) is 5.62. The van der Waals surface area contributed by atoms with Crippen LogP contribution in [0, 0.1) is 0 Å². The van der Waals surface area contributed by atoms with Gasteiger partial charge in [0.05, 0.1) is 12.7 Å². The van der Waals surface area contributed by atoms with E-state index >= 15 is 0 Å². The van der Waals surface area contributed by atoms with Crippen LogP contribution < -0.4 is 10.6 Å². The smallest absolute Gasteiger partial charge is 0.337 e. The highest BCUT2D eigenvalue weighted by molar-refractivity contribution is 7.80. The van der Waals surface area contributed by atoms with Crippen molar-refractivity contribution < 1.29 is 14.3 Å². The Hall–Kier alpha value is -2.96. The molecule has 2 N–H and O–H groups in total. The molecule has 0 radical (unpaired) electrons. The number of methoxy groups -OCH3 is 1. The fourth-order valence-electron chi connectivity index (χ4n) is 2.61. The summed E-state index contributed by atoms with van der Waals surface area (Å²) in [5.74, 6) is -0.765. The molecule has 0 fully saturated rings. The van der Waals surface area contributed by atoms with Crippen LogP contribution in [-0.4, -0.2) is 24.1 Å². The molecule has 0 bridgehead atoms. The van der Waals surface area contributed by atoms with E-state index in [0.29, 0.717) is 21.8 Å². The molecule has 0 saturated carbocycles. The maximum Gasteiger partial charge on any atom is 0.337 e. The summed E-state index contributed by atoms with van der Waals surface area (Å²) in [7, 11) is 1.32. The number of rotatable bonds is 3. The highest BCUT2D eigenvalue weighted by Crippen LogP contribution is 2.25. The van der Waals surface area contributed by atoms with Crippen LogP contribution >= 0.6 is 23.8 Å². The van der Waals surface area contributed by atoms with E-state index in [1.165, 1.54) is 7.11 Å². The van der Waals surface area contributed by atoms with Crippen molar-refractivity contribution in [3.63, 3.8) is 0 Å². The summed E-state index contributed by atoms with van der Waals surface area (Å²) >= 11 is 11.4. The molecule has 0 heterocycles. The zero-order chi connectivity index (χ0) is 19.4. The number of hydrogen-bond donors (Lipinski definition) is 2. The van der Waals surface area contributed by atoms with E-state index in [-0.39, 0.29) is 11.0 Å². The fraction of sp³-hybridized carbons (Fsp3) is 0.0500. The van der Waals surface area contributed by atoms with Gasteiger partial charge in [-0.25, -0.2) is 4.79 Å². The number of hydrogen-bond acceptors (Lipinski definition) is 4. The zero-order valence-corrected chi connectivity index (χ0v) is 15.9. The van der Waals surface area contributed by atoms with Crippen molar-refractivity contribution in [3.8, 4) is 0 Å². The van der Waals surface area contributed by atoms with E-state index in [4.69, 9.17) is 23.8 Å². The molecule has 0 aliphatic rings. The van der Waals surface area contributed by atoms with Crippen molar-refractivity contribution in [1.82, 2.24) is 5.32 Å². The number of carbonyl (C=O) groups excluding carboxylic acids is 2. The first-order valence-corrected chi connectivity index (χ1v) is 8.76. The molecule has 3 rings (SSSR count). The second-order valence-corrected chi connectivity index (χ2v) is 6.43. The molecule has 0 aliphatic carbocycles. The van der Waals surface area contributed by atoms with Crippen LogP contribution in [0.15, 0.2) is 60.7 Å². The number of fused-ring (bicyclic) bond motifs is 1. The zero-order valence-electron chi connectivity index (χ0n) is 14.3. The van der Waals surface area contributed by atoms with Crippen LogP contribution in [0.4, 0.5) is 5.69 Å². The number of nitrogens with one attached hydrogen (secondary N) is 2. The van der Waals surface area contributed by atoms with E-state index in [1.54, 1.807) is 48.5 Å². The Morgan fingerprint density at radius 3 is 2.33 bits per heavy atom. The number of halogens is 1. The molecule has 7 heteroatoms. The molecule has 3 aromatic rings. The fourth-order valence-corrected chi connectivity index (χ4v) is 3.06. The molecule has 0 aliphatic heterocycles. The molecule has 0 saturated heterocycles. The number of ether oxygens (including phenoxy) is 1. The molecular formula is C20H15ClN2O3S. The third-order valence-corrected chi connectivity index (χ3v) is 4.44. The van der Waals surface area contributed by atoms with Crippen LogP contribution in [0.2, 0.25) is 5.02 Å². The SMILES string of the molecule is COC(=O)c1ccc(NC(=S)NC(=O)c2cccc3c(Cl)cccc23)cc1. The second kappa shape index (κ2) is 8.16. The van der Waals surface area contributed by atoms with Gasteiger partial charge in [-0.3, -0.25) is 10.1 Å². The number of thiocarbonyl (C=S) groups is 1. The van der Waals surface area contributed by atoms with Gasteiger partial charge in [0.2, 0.25) is 0 Å². The normalized spacial score (nSPS) is 10.3. The lowest BCUT2D eigenvalue weighted by Crippen LogP contribution is -2.34. The monoisotopic (exact) mass is 398 g/mol. The summed E-state index contributed by atoms with van der Waals surface area (Å²) in [4.78, 5) is 24.1. The largest absolute Gasteiger partial charge is 0.465 e. The first kappa shape index (κ1) is 18.8. The average molecular weight is 399 g/mol. The summed E-state index contributed by atoms with van der Waals surface area (Å²) in [5.41, 5.74) is 1.53. The van der Waals surface area contributed by atoms with E-state index in [2.05, 4.69) is 15.4 Å². The molecule has 0 aromatic heterocycles. The summed E-state index contributed by atoms with van der Waals surface area (Å²) < 4.78 is 4.65. The van der Waals surface area contributed by atoms with E-state index in [9.17, 15) is 9.59 Å². The molecular weight excluding hydrogens is 384 g/mol. The van der Waals surface area contributed by atoms with Crippen molar-refractivity contribution in [2.75, 3.05) is 12.4 Å². The standard InChI is InChI=1S/C20H15ClN2O3S/c1-26-19(25)12-8-10-13(11-9-12)22-20(27)23-18(24)16-6-2-5-15-14(16)4-3-7-17(15)21/h2-11H,1H3,(H2,22,23,24,27). The van der Waals surface area contributed by atoms with Gasteiger partial charge in [-0.2, -0.15) is 0 Å². The van der Waals surface area contributed by atoms with E-state index in [0.717, 1.165) is 10.8 Å². The Morgan fingerprint density at radius 2 is 1.63 bits per heavy atom. The molecule has 1 amide bonds. The average Bonchev–Trinajstić information content (AvgIpc) is 2.67. The van der Waals surface area contributed by atoms with Crippen LogP contribution in [-0.2, 0) is 4.74 Å². The number of anilines is 1. The maximum absolute atomic E-state index is 12.6. The Morgan fingerprint density at radius 1 is 0.963 bits per heavy atom. The van der Waals surface area contributed by atoms with Gasteiger partial charge >= 0.3 is 5.97 Å². The lowest BCUT2D eigenvalue weighted by atomic mass is 10.0. The minimum atomic E-state index is -0.424. The van der Waals surface area contributed by atoms with Crippen molar-refractivity contribution in [3.05, 3.63) is 76.8 Å². The van der Waals surface area contributed by atoms with E-state index < -0.39 is 5.97 Å². The summed E-state index contributed by atoms with van der Waals surface area (Å²) in [6, 6.07) is 17.3. The molecule has 5 nitrogen and oxygen atoms in total. The third kappa shape index (κ3) is 4.24. The lowest BCUT2D eigenvalue weighted by Gasteiger charge is -2.11. The Balaban J connectivity index is 1.72. The van der Waals surface area contributed by atoms with Crippen LogP contribution in [0.25, 0.3) is 10.8 Å². The van der Waals surface area contributed by atoms with Crippen molar-refractivity contribution in [2.45, 2.75) is 0 Å². The summed E-state index contributed by atoms with van der Waals surface area (Å²) in [5, 5.41) is 7.82. The molecule has 0 atom stereocenters. The van der Waals surface area contributed by atoms with Crippen molar-refractivity contribution >= 4 is 57.3 Å². The molecule has 27 heavy (non-hydrogen) atoms. The first-order valence-electron chi connectivity index (χ1n) is 7.97. The number of carbonyl (C=O) groups is 2. The minimum Gasteiger partial charge on any atom is -0.465 e. The molecule has 0 spiro atoms. The number of amides is 1. The van der Waals surface area contributed by atoms with Crippen molar-refractivity contribution in [2.24, 2.45) is 0 Å². The number of esters is 1. The Kier molecular flexibility index (Phi) is 5.69. The molecule has 0 unspecified atom stereocenters. The van der Waals surface area contributed by atoms with Gasteiger partial charge < -0.3 is 10.1 Å². The van der Waals surface area contributed by atoms with Gasteiger partial charge in [0.15, 0.2) is 5.11 Å². The molecule has 3 aromatic carbocycles. The highest BCUT2D eigenvalue weighted by atomic mass is 35.5. The van der Waals surface area contributed by atoms with Crippen LogP contribution in [0.1, 0.15) is 20.7 Å². The lowest BCUT2D eigenvalue weighted by molar-refractivity contribution is 0.0600. The van der Waals surface area contributed by atoms with Gasteiger partial charge in [-0.05, 0) is 54.0 Å². The topological polar surface area (TPSA) is 67.4 Å². The number of benzene rings is 3. The Bertz CT molecular complexity index is 1040. The molecule has 136 valence electrons. The predicted octanol–water partition coefficient (Wildman–Crippen LogP) is 4.41. The summed E-state index contributed by atoms with van der Waals surface area (Å²) in [6.07, 6.45) is 0.